The van der Waals surface area contributed by atoms with Crippen molar-refractivity contribution in [2.24, 2.45) is 0 Å². The molecular formula is C16H17N3O3. The van der Waals surface area contributed by atoms with Crippen LogP contribution in [-0.4, -0.2) is 34.5 Å². The third-order valence-corrected chi connectivity index (χ3v) is 3.07. The number of benzene rings is 1. The number of carbonyl (C=O) groups excluding carboxylic acids is 2. The van der Waals surface area contributed by atoms with E-state index in [0.717, 1.165) is 5.56 Å². The number of amides is 1. The van der Waals surface area contributed by atoms with Crippen molar-refractivity contribution in [1.29, 1.82) is 0 Å². The third kappa shape index (κ3) is 3.46. The van der Waals surface area contributed by atoms with Gasteiger partial charge in [-0.25, -0.2) is 14.8 Å². The van der Waals surface area contributed by atoms with Crippen molar-refractivity contribution in [3.63, 3.8) is 0 Å². The molecule has 0 aliphatic heterocycles. The Morgan fingerprint density at radius 2 is 1.68 bits per heavy atom. The lowest BCUT2D eigenvalue weighted by Gasteiger charge is -2.22. The SMILES string of the molecule is COC(=O)C(C)(C)NC(=O)c1cnc(-c2ccccc2)nc1. The zero-order valence-electron chi connectivity index (χ0n) is 12.7. The third-order valence-electron chi connectivity index (χ3n) is 3.07. The van der Waals surface area contributed by atoms with Gasteiger partial charge in [0.2, 0.25) is 0 Å². The molecule has 0 atom stereocenters. The highest BCUT2D eigenvalue weighted by Gasteiger charge is 2.30. The quantitative estimate of drug-likeness (QED) is 0.871. The van der Waals surface area contributed by atoms with Gasteiger partial charge in [-0.1, -0.05) is 30.3 Å². The molecule has 2 rings (SSSR count). The fourth-order valence-electron chi connectivity index (χ4n) is 1.84. The molecule has 1 amide bonds. The van der Waals surface area contributed by atoms with E-state index in [1.807, 2.05) is 30.3 Å². The van der Waals surface area contributed by atoms with Gasteiger partial charge in [-0.3, -0.25) is 4.79 Å². The second-order valence-electron chi connectivity index (χ2n) is 5.23. The van der Waals surface area contributed by atoms with Gasteiger partial charge in [-0.05, 0) is 13.8 Å². The summed E-state index contributed by atoms with van der Waals surface area (Å²) in [5, 5.41) is 2.59. The minimum absolute atomic E-state index is 0.275. The van der Waals surface area contributed by atoms with Crippen molar-refractivity contribution in [3.8, 4) is 11.4 Å². The number of ether oxygens (including phenoxy) is 1. The fraction of sp³-hybridized carbons (Fsp3) is 0.250. The van der Waals surface area contributed by atoms with Gasteiger partial charge < -0.3 is 10.1 Å². The van der Waals surface area contributed by atoms with Gasteiger partial charge in [-0.15, -0.1) is 0 Å². The zero-order chi connectivity index (χ0) is 16.2. The molecule has 6 nitrogen and oxygen atoms in total. The molecular weight excluding hydrogens is 282 g/mol. The Morgan fingerprint density at radius 1 is 1.09 bits per heavy atom. The highest BCUT2D eigenvalue weighted by Crippen LogP contribution is 2.13. The number of methoxy groups -OCH3 is 1. The van der Waals surface area contributed by atoms with Crippen LogP contribution in [-0.2, 0) is 9.53 Å². The number of rotatable bonds is 4. The molecule has 0 saturated carbocycles. The highest BCUT2D eigenvalue weighted by molar-refractivity contribution is 5.97. The van der Waals surface area contributed by atoms with E-state index in [1.54, 1.807) is 13.8 Å². The maximum absolute atomic E-state index is 12.1. The summed E-state index contributed by atoms with van der Waals surface area (Å²) in [7, 11) is 1.27. The van der Waals surface area contributed by atoms with Crippen LogP contribution in [0.2, 0.25) is 0 Å². The van der Waals surface area contributed by atoms with Gasteiger partial charge >= 0.3 is 5.97 Å². The topological polar surface area (TPSA) is 81.2 Å². The van der Waals surface area contributed by atoms with E-state index < -0.39 is 17.4 Å². The maximum Gasteiger partial charge on any atom is 0.330 e. The van der Waals surface area contributed by atoms with E-state index in [9.17, 15) is 9.59 Å². The molecule has 0 bridgehead atoms. The van der Waals surface area contributed by atoms with Crippen LogP contribution in [0.3, 0.4) is 0 Å². The molecule has 0 radical (unpaired) electrons. The van der Waals surface area contributed by atoms with Gasteiger partial charge in [0.25, 0.3) is 5.91 Å². The number of carbonyl (C=O) groups is 2. The Morgan fingerprint density at radius 3 is 2.23 bits per heavy atom. The van der Waals surface area contributed by atoms with E-state index in [2.05, 4.69) is 20.0 Å². The second kappa shape index (κ2) is 6.34. The van der Waals surface area contributed by atoms with Crippen molar-refractivity contribution in [2.45, 2.75) is 19.4 Å². The Hall–Kier alpha value is -2.76. The number of esters is 1. The lowest BCUT2D eigenvalue weighted by molar-refractivity contribution is -0.146. The van der Waals surface area contributed by atoms with Gasteiger partial charge in [0, 0.05) is 18.0 Å². The first-order valence-corrected chi connectivity index (χ1v) is 6.72. The Balaban J connectivity index is 2.14. The molecule has 1 aromatic heterocycles. The summed E-state index contributed by atoms with van der Waals surface area (Å²) in [6.07, 6.45) is 2.86. The van der Waals surface area contributed by atoms with Crippen LogP contribution in [0, 0.1) is 0 Å². The molecule has 0 fully saturated rings. The van der Waals surface area contributed by atoms with Crippen LogP contribution in [0.5, 0.6) is 0 Å². The lowest BCUT2D eigenvalue weighted by atomic mass is 10.1. The summed E-state index contributed by atoms with van der Waals surface area (Å²) in [6, 6.07) is 9.45. The van der Waals surface area contributed by atoms with E-state index in [4.69, 9.17) is 0 Å². The van der Waals surface area contributed by atoms with E-state index in [-0.39, 0.29) is 5.56 Å². The van der Waals surface area contributed by atoms with Crippen molar-refractivity contribution in [3.05, 3.63) is 48.3 Å². The van der Waals surface area contributed by atoms with Gasteiger partial charge in [0.15, 0.2) is 5.82 Å². The maximum atomic E-state index is 12.1. The van der Waals surface area contributed by atoms with Crippen LogP contribution in [0.25, 0.3) is 11.4 Å². The summed E-state index contributed by atoms with van der Waals surface area (Å²) >= 11 is 0. The van der Waals surface area contributed by atoms with Gasteiger partial charge in [-0.2, -0.15) is 0 Å². The van der Waals surface area contributed by atoms with E-state index >= 15 is 0 Å². The van der Waals surface area contributed by atoms with Crippen LogP contribution in [0.1, 0.15) is 24.2 Å². The summed E-state index contributed by atoms with van der Waals surface area (Å²) in [4.78, 5) is 32.1. The summed E-state index contributed by atoms with van der Waals surface area (Å²) in [5.41, 5.74) is 0.0187. The number of nitrogens with zero attached hydrogens (tertiary/aromatic N) is 2. The summed E-state index contributed by atoms with van der Waals surface area (Å²) < 4.78 is 4.64. The Bertz CT molecular complexity index is 667. The van der Waals surface area contributed by atoms with Crippen LogP contribution in [0.4, 0.5) is 0 Å². The first-order chi connectivity index (χ1) is 10.4. The van der Waals surface area contributed by atoms with E-state index in [0.29, 0.717) is 5.82 Å². The lowest BCUT2D eigenvalue weighted by Crippen LogP contribution is -2.50. The predicted molar refractivity (Wildman–Crippen MR) is 81.0 cm³/mol. The molecule has 114 valence electrons. The van der Waals surface area contributed by atoms with Crippen molar-refractivity contribution < 1.29 is 14.3 Å². The number of aromatic nitrogens is 2. The standard InChI is InChI=1S/C16H17N3O3/c1-16(2,15(21)22-3)19-14(20)12-9-17-13(18-10-12)11-7-5-4-6-8-11/h4-10H,1-3H3,(H,19,20). The molecule has 2 aromatic rings. The van der Waals surface area contributed by atoms with Crippen molar-refractivity contribution >= 4 is 11.9 Å². The molecule has 0 aliphatic carbocycles. The molecule has 0 spiro atoms. The minimum Gasteiger partial charge on any atom is -0.467 e. The zero-order valence-corrected chi connectivity index (χ0v) is 12.7. The average molecular weight is 299 g/mol. The van der Waals surface area contributed by atoms with Crippen LogP contribution in [0.15, 0.2) is 42.7 Å². The number of nitrogens with one attached hydrogen (secondary N) is 1. The normalized spacial score (nSPS) is 10.9. The van der Waals surface area contributed by atoms with Crippen LogP contribution < -0.4 is 5.32 Å². The molecule has 0 aliphatic rings. The van der Waals surface area contributed by atoms with Crippen LogP contribution >= 0.6 is 0 Å². The van der Waals surface area contributed by atoms with Crippen molar-refractivity contribution in [1.82, 2.24) is 15.3 Å². The average Bonchev–Trinajstić information content (AvgIpc) is 2.54. The molecule has 1 aromatic carbocycles. The van der Waals surface area contributed by atoms with E-state index in [1.165, 1.54) is 19.5 Å². The monoisotopic (exact) mass is 299 g/mol. The first kappa shape index (κ1) is 15.6. The van der Waals surface area contributed by atoms with Gasteiger partial charge in [0.1, 0.15) is 5.54 Å². The summed E-state index contributed by atoms with van der Waals surface area (Å²) in [6.45, 7) is 3.13. The Labute approximate surface area is 128 Å². The summed E-state index contributed by atoms with van der Waals surface area (Å²) in [5.74, 6) is -0.429. The second-order valence-corrected chi connectivity index (χ2v) is 5.23. The highest BCUT2D eigenvalue weighted by atomic mass is 16.5. The molecule has 22 heavy (non-hydrogen) atoms. The minimum atomic E-state index is -1.12. The smallest absolute Gasteiger partial charge is 0.330 e. The predicted octanol–water partition coefficient (Wildman–Crippen LogP) is 1.82. The molecule has 1 heterocycles. The van der Waals surface area contributed by atoms with Crippen molar-refractivity contribution in [2.75, 3.05) is 7.11 Å². The number of hydrogen-bond acceptors (Lipinski definition) is 5. The fourth-order valence-corrected chi connectivity index (χ4v) is 1.84. The first-order valence-electron chi connectivity index (χ1n) is 6.72. The Kier molecular flexibility index (Phi) is 4.50. The molecule has 0 unspecified atom stereocenters. The van der Waals surface area contributed by atoms with Gasteiger partial charge in [0.05, 0.1) is 12.7 Å². The molecule has 0 saturated heterocycles. The molecule has 1 N–H and O–H groups in total. The molecule has 6 heteroatoms. The number of hydrogen-bond donors (Lipinski definition) is 1. The largest absolute Gasteiger partial charge is 0.467 e.